The lowest BCUT2D eigenvalue weighted by Gasteiger charge is -2.16. The number of hydrogen-bond acceptors (Lipinski definition) is 3. The van der Waals surface area contributed by atoms with Gasteiger partial charge in [0.05, 0.1) is 0 Å². The van der Waals surface area contributed by atoms with Crippen LogP contribution >= 0.6 is 0 Å². The van der Waals surface area contributed by atoms with Gasteiger partial charge in [-0.15, -0.1) is 0 Å². The molecule has 0 fully saturated rings. The molecule has 0 saturated heterocycles. The number of carbonyl (C=O) groups is 1. The molecular weight excluding hydrogens is 314 g/mol. The molecule has 0 aliphatic carbocycles. The van der Waals surface area contributed by atoms with E-state index in [-0.39, 0.29) is 0 Å². The molecule has 3 rings (SSSR count). The van der Waals surface area contributed by atoms with Crippen LogP contribution in [0.2, 0.25) is 0 Å². The number of carboxylic acids is 1. The SMILES string of the molecule is O=C(O)[C@H](Cc1ccc(Oc2ccccc2)cc1)Nc1ccccc1. The van der Waals surface area contributed by atoms with E-state index in [1.807, 2.05) is 84.9 Å². The van der Waals surface area contributed by atoms with Crippen LogP contribution in [-0.2, 0) is 11.2 Å². The highest BCUT2D eigenvalue weighted by Gasteiger charge is 2.17. The Balaban J connectivity index is 1.65. The molecule has 0 spiro atoms. The summed E-state index contributed by atoms with van der Waals surface area (Å²) in [4.78, 5) is 11.5. The van der Waals surface area contributed by atoms with Crippen molar-refractivity contribution in [3.05, 3.63) is 90.5 Å². The van der Waals surface area contributed by atoms with Gasteiger partial charge in [-0.3, -0.25) is 0 Å². The van der Waals surface area contributed by atoms with Crippen molar-refractivity contribution < 1.29 is 14.6 Å². The van der Waals surface area contributed by atoms with Crippen molar-refractivity contribution in [3.63, 3.8) is 0 Å². The number of rotatable bonds is 7. The second kappa shape index (κ2) is 8.02. The highest BCUT2D eigenvalue weighted by atomic mass is 16.5. The molecule has 1 atom stereocenters. The van der Waals surface area contributed by atoms with E-state index in [1.54, 1.807) is 0 Å². The Hall–Kier alpha value is -3.27. The predicted molar refractivity (Wildman–Crippen MR) is 98.2 cm³/mol. The number of carboxylic acid groups (broad SMARTS) is 1. The molecule has 0 amide bonds. The monoisotopic (exact) mass is 333 g/mol. The van der Waals surface area contributed by atoms with Crippen molar-refractivity contribution >= 4 is 11.7 Å². The van der Waals surface area contributed by atoms with Crippen LogP contribution in [0.1, 0.15) is 5.56 Å². The van der Waals surface area contributed by atoms with E-state index in [0.29, 0.717) is 6.42 Å². The third kappa shape index (κ3) is 4.85. The fourth-order valence-corrected chi connectivity index (χ4v) is 2.49. The van der Waals surface area contributed by atoms with E-state index in [1.165, 1.54) is 0 Å². The molecule has 4 heteroatoms. The van der Waals surface area contributed by atoms with Crippen molar-refractivity contribution in [2.45, 2.75) is 12.5 Å². The minimum absolute atomic E-state index is 0.385. The van der Waals surface area contributed by atoms with Gasteiger partial charge in [0.15, 0.2) is 0 Å². The first kappa shape index (κ1) is 16.6. The second-order valence-electron chi connectivity index (χ2n) is 5.66. The minimum Gasteiger partial charge on any atom is -0.480 e. The van der Waals surface area contributed by atoms with E-state index in [0.717, 1.165) is 22.7 Å². The number of anilines is 1. The summed E-state index contributed by atoms with van der Waals surface area (Å²) in [5.74, 6) is 0.607. The lowest BCUT2D eigenvalue weighted by Crippen LogP contribution is -2.31. The smallest absolute Gasteiger partial charge is 0.326 e. The van der Waals surface area contributed by atoms with Gasteiger partial charge < -0.3 is 15.2 Å². The number of benzene rings is 3. The van der Waals surface area contributed by atoms with Crippen molar-refractivity contribution in [1.29, 1.82) is 0 Å². The van der Waals surface area contributed by atoms with Crippen LogP contribution < -0.4 is 10.1 Å². The van der Waals surface area contributed by atoms with Crippen LogP contribution in [0.25, 0.3) is 0 Å². The van der Waals surface area contributed by atoms with Gasteiger partial charge in [0.1, 0.15) is 17.5 Å². The molecule has 0 unspecified atom stereocenters. The van der Waals surface area contributed by atoms with Crippen LogP contribution in [0.3, 0.4) is 0 Å². The average molecular weight is 333 g/mol. The van der Waals surface area contributed by atoms with Gasteiger partial charge in [0.2, 0.25) is 0 Å². The fraction of sp³-hybridized carbons (Fsp3) is 0.0952. The first-order chi connectivity index (χ1) is 12.2. The summed E-state index contributed by atoms with van der Waals surface area (Å²) in [5.41, 5.74) is 1.72. The Morgan fingerprint density at radius 1 is 0.840 bits per heavy atom. The summed E-state index contributed by atoms with van der Waals surface area (Å²) in [7, 11) is 0. The minimum atomic E-state index is -0.881. The first-order valence-electron chi connectivity index (χ1n) is 8.07. The molecule has 4 nitrogen and oxygen atoms in total. The predicted octanol–water partition coefficient (Wildman–Crippen LogP) is 4.59. The summed E-state index contributed by atoms with van der Waals surface area (Å²) in [6, 6.07) is 25.7. The number of hydrogen-bond donors (Lipinski definition) is 2. The van der Waals surface area contributed by atoms with Crippen LogP contribution in [0.5, 0.6) is 11.5 Å². The zero-order valence-corrected chi connectivity index (χ0v) is 13.6. The maximum Gasteiger partial charge on any atom is 0.326 e. The maximum absolute atomic E-state index is 11.5. The van der Waals surface area contributed by atoms with Crippen molar-refractivity contribution in [1.82, 2.24) is 0 Å². The van der Waals surface area contributed by atoms with Crippen molar-refractivity contribution in [2.24, 2.45) is 0 Å². The molecular formula is C21H19NO3. The Labute approximate surface area is 146 Å². The largest absolute Gasteiger partial charge is 0.480 e. The molecule has 3 aromatic rings. The third-order valence-corrected chi connectivity index (χ3v) is 3.75. The summed E-state index contributed by atoms with van der Waals surface area (Å²) in [6.07, 6.45) is 0.385. The van der Waals surface area contributed by atoms with Crippen LogP contribution in [-0.4, -0.2) is 17.1 Å². The molecule has 0 bridgehead atoms. The number of ether oxygens (including phenoxy) is 1. The molecule has 2 N–H and O–H groups in total. The van der Waals surface area contributed by atoms with Crippen LogP contribution in [0.15, 0.2) is 84.9 Å². The van der Waals surface area contributed by atoms with E-state index in [2.05, 4.69) is 5.32 Å². The zero-order valence-electron chi connectivity index (χ0n) is 13.6. The Morgan fingerprint density at radius 2 is 1.40 bits per heavy atom. The number of nitrogens with one attached hydrogen (secondary N) is 1. The molecule has 0 saturated carbocycles. The maximum atomic E-state index is 11.5. The van der Waals surface area contributed by atoms with Gasteiger partial charge in [-0.25, -0.2) is 4.79 Å². The highest BCUT2D eigenvalue weighted by molar-refractivity contribution is 5.77. The molecule has 3 aromatic carbocycles. The van der Waals surface area contributed by atoms with E-state index < -0.39 is 12.0 Å². The molecule has 0 aromatic heterocycles. The molecule has 0 aliphatic heterocycles. The second-order valence-corrected chi connectivity index (χ2v) is 5.66. The normalized spacial score (nSPS) is 11.5. The van der Waals surface area contributed by atoms with Gasteiger partial charge in [0.25, 0.3) is 0 Å². The van der Waals surface area contributed by atoms with E-state index in [9.17, 15) is 9.90 Å². The molecule has 126 valence electrons. The van der Waals surface area contributed by atoms with Gasteiger partial charge >= 0.3 is 5.97 Å². The van der Waals surface area contributed by atoms with Crippen molar-refractivity contribution in [2.75, 3.05) is 5.32 Å². The van der Waals surface area contributed by atoms with Crippen molar-refractivity contribution in [3.8, 4) is 11.5 Å². The standard InChI is InChI=1S/C21H19NO3/c23-21(24)20(22-17-7-3-1-4-8-17)15-16-11-13-19(14-12-16)25-18-9-5-2-6-10-18/h1-14,20,22H,15H2,(H,23,24)/t20-/m0/s1. The summed E-state index contributed by atoms with van der Waals surface area (Å²) in [5, 5.41) is 12.5. The van der Waals surface area contributed by atoms with E-state index in [4.69, 9.17) is 4.74 Å². The molecule has 0 aliphatic rings. The van der Waals surface area contributed by atoms with Crippen LogP contribution in [0, 0.1) is 0 Å². The Morgan fingerprint density at radius 3 is 2.00 bits per heavy atom. The molecule has 0 radical (unpaired) electrons. The Kier molecular flexibility index (Phi) is 5.32. The fourth-order valence-electron chi connectivity index (χ4n) is 2.49. The zero-order chi connectivity index (χ0) is 17.5. The van der Waals surface area contributed by atoms with Gasteiger partial charge in [-0.1, -0.05) is 48.5 Å². The quantitative estimate of drug-likeness (QED) is 0.664. The van der Waals surface area contributed by atoms with Gasteiger partial charge in [-0.2, -0.15) is 0 Å². The van der Waals surface area contributed by atoms with E-state index >= 15 is 0 Å². The molecule has 0 heterocycles. The average Bonchev–Trinajstić information content (AvgIpc) is 2.64. The lowest BCUT2D eigenvalue weighted by molar-refractivity contribution is -0.137. The molecule has 25 heavy (non-hydrogen) atoms. The third-order valence-electron chi connectivity index (χ3n) is 3.75. The lowest BCUT2D eigenvalue weighted by atomic mass is 10.1. The Bertz CT molecular complexity index is 802. The van der Waals surface area contributed by atoms with Gasteiger partial charge in [-0.05, 0) is 42.0 Å². The van der Waals surface area contributed by atoms with Crippen LogP contribution in [0.4, 0.5) is 5.69 Å². The van der Waals surface area contributed by atoms with Gasteiger partial charge in [0, 0.05) is 12.1 Å². The summed E-state index contributed by atoms with van der Waals surface area (Å²) >= 11 is 0. The number of para-hydroxylation sites is 2. The summed E-state index contributed by atoms with van der Waals surface area (Å²) in [6.45, 7) is 0. The highest BCUT2D eigenvalue weighted by Crippen LogP contribution is 2.22. The number of aliphatic carboxylic acids is 1. The summed E-state index contributed by atoms with van der Waals surface area (Å²) < 4.78 is 5.75. The topological polar surface area (TPSA) is 58.6 Å². The first-order valence-corrected chi connectivity index (χ1v) is 8.07.